The summed E-state index contributed by atoms with van der Waals surface area (Å²) >= 11 is 2.89. The molecule has 1 aromatic rings. The Balaban J connectivity index is 0.000000810. The summed E-state index contributed by atoms with van der Waals surface area (Å²) in [6.45, 7) is 0. The number of carboxylic acids is 1. The molecule has 0 saturated carbocycles. The molecular formula is C3ILiN2O2S. The van der Waals surface area contributed by atoms with Crippen LogP contribution >= 0.6 is 33.9 Å². The number of aromatic carboxylic acids is 1. The number of hydrogen-bond acceptors (Lipinski definition) is 5. The van der Waals surface area contributed by atoms with E-state index in [0.717, 1.165) is 11.3 Å². The van der Waals surface area contributed by atoms with Crippen molar-refractivity contribution in [2.75, 3.05) is 0 Å². The molecule has 0 bridgehead atoms. The molecule has 0 saturated heterocycles. The summed E-state index contributed by atoms with van der Waals surface area (Å²) in [4.78, 5) is 10.0. The SMILES string of the molecule is O=C([O-])c1nnc(I)s1.[Li+]. The smallest absolute Gasteiger partial charge is 0.542 e. The van der Waals surface area contributed by atoms with Gasteiger partial charge in [0.15, 0.2) is 8.02 Å². The second-order valence-electron chi connectivity index (χ2n) is 1.15. The van der Waals surface area contributed by atoms with E-state index in [-0.39, 0.29) is 23.9 Å². The van der Waals surface area contributed by atoms with Crippen molar-refractivity contribution in [3.8, 4) is 0 Å². The Kier molecular flexibility index (Phi) is 4.43. The normalized spacial score (nSPS) is 8.50. The van der Waals surface area contributed by atoms with Gasteiger partial charge in [0.2, 0.25) is 0 Å². The minimum atomic E-state index is -1.27. The minimum absolute atomic E-state index is 0. The summed E-state index contributed by atoms with van der Waals surface area (Å²) in [5.41, 5.74) is 0. The Hall–Kier alpha value is 0.357. The van der Waals surface area contributed by atoms with Crippen molar-refractivity contribution in [2.24, 2.45) is 0 Å². The maximum absolute atomic E-state index is 10.0. The Morgan fingerprint density at radius 1 is 1.60 bits per heavy atom. The summed E-state index contributed by atoms with van der Waals surface area (Å²) < 4.78 is 0.604. The molecule has 10 heavy (non-hydrogen) atoms. The van der Waals surface area contributed by atoms with E-state index < -0.39 is 5.97 Å². The number of halogens is 1. The molecule has 4 nitrogen and oxygen atoms in total. The van der Waals surface area contributed by atoms with Crippen molar-refractivity contribution in [1.29, 1.82) is 0 Å². The molecule has 1 aromatic heterocycles. The van der Waals surface area contributed by atoms with Gasteiger partial charge in [0, 0.05) is 0 Å². The molecule has 0 atom stereocenters. The molecule has 0 aliphatic carbocycles. The van der Waals surface area contributed by atoms with Gasteiger partial charge in [-0.1, -0.05) is 11.3 Å². The third-order valence-corrected chi connectivity index (χ3v) is 2.14. The zero-order valence-corrected chi connectivity index (χ0v) is 7.97. The molecule has 0 aliphatic rings. The average Bonchev–Trinajstić information content (AvgIpc) is 2.14. The molecular weight excluding hydrogens is 262 g/mol. The van der Waals surface area contributed by atoms with Crippen LogP contribution in [0.5, 0.6) is 0 Å². The van der Waals surface area contributed by atoms with Crippen LogP contribution in [0.1, 0.15) is 9.80 Å². The first-order valence-electron chi connectivity index (χ1n) is 1.90. The van der Waals surface area contributed by atoms with Gasteiger partial charge in [0.05, 0.1) is 0 Å². The van der Waals surface area contributed by atoms with Gasteiger partial charge in [-0.2, -0.15) is 0 Å². The van der Waals surface area contributed by atoms with Gasteiger partial charge in [0.1, 0.15) is 5.97 Å². The predicted molar refractivity (Wildman–Crippen MR) is 37.0 cm³/mol. The molecule has 0 N–H and O–H groups in total. The van der Waals surface area contributed by atoms with E-state index >= 15 is 0 Å². The Morgan fingerprint density at radius 2 is 2.20 bits per heavy atom. The van der Waals surface area contributed by atoms with E-state index in [1.54, 1.807) is 0 Å². The number of carbonyl (C=O) groups excluding carboxylic acids is 1. The Labute approximate surface area is 86.4 Å². The van der Waals surface area contributed by atoms with Crippen molar-refractivity contribution in [2.45, 2.75) is 0 Å². The van der Waals surface area contributed by atoms with Crippen molar-refractivity contribution in [1.82, 2.24) is 10.2 Å². The molecule has 0 unspecified atom stereocenters. The molecule has 0 fully saturated rings. The number of rotatable bonds is 1. The molecule has 0 spiro atoms. The first kappa shape index (κ1) is 10.4. The van der Waals surface area contributed by atoms with Crippen LogP contribution in [0.3, 0.4) is 0 Å². The van der Waals surface area contributed by atoms with Gasteiger partial charge in [0.25, 0.3) is 0 Å². The maximum atomic E-state index is 10.0. The van der Waals surface area contributed by atoms with Crippen LogP contribution < -0.4 is 24.0 Å². The van der Waals surface area contributed by atoms with Gasteiger partial charge in [-0.05, 0) is 22.6 Å². The summed E-state index contributed by atoms with van der Waals surface area (Å²) in [6, 6.07) is 0. The van der Waals surface area contributed by atoms with Crippen molar-refractivity contribution >= 4 is 39.9 Å². The van der Waals surface area contributed by atoms with E-state index in [0.29, 0.717) is 3.01 Å². The Bertz CT molecular complexity index is 240. The van der Waals surface area contributed by atoms with Crippen LogP contribution in [0, 0.1) is 3.01 Å². The number of carbonyl (C=O) groups is 1. The second-order valence-corrected chi connectivity index (χ2v) is 3.88. The van der Waals surface area contributed by atoms with Crippen LogP contribution in [-0.2, 0) is 0 Å². The zero-order chi connectivity index (χ0) is 6.85. The van der Waals surface area contributed by atoms with Crippen LogP contribution in [0.15, 0.2) is 0 Å². The molecule has 0 radical (unpaired) electrons. The quantitative estimate of drug-likeness (QED) is 0.389. The van der Waals surface area contributed by atoms with E-state index in [4.69, 9.17) is 0 Å². The molecule has 0 amide bonds. The first-order valence-corrected chi connectivity index (χ1v) is 3.80. The fourth-order valence-corrected chi connectivity index (χ4v) is 1.43. The molecule has 7 heteroatoms. The van der Waals surface area contributed by atoms with Gasteiger partial charge >= 0.3 is 18.9 Å². The summed E-state index contributed by atoms with van der Waals surface area (Å²) in [5, 5.41) is 16.7. The van der Waals surface area contributed by atoms with E-state index in [1.807, 2.05) is 22.6 Å². The summed E-state index contributed by atoms with van der Waals surface area (Å²) in [6.07, 6.45) is 0. The number of hydrogen-bond donors (Lipinski definition) is 0. The van der Waals surface area contributed by atoms with E-state index in [9.17, 15) is 9.90 Å². The average molecular weight is 262 g/mol. The largest absolute Gasteiger partial charge is 1.00 e. The maximum Gasteiger partial charge on any atom is 1.00 e. The summed E-state index contributed by atoms with van der Waals surface area (Å²) in [7, 11) is 0. The molecule has 0 aliphatic heterocycles. The summed E-state index contributed by atoms with van der Waals surface area (Å²) in [5.74, 6) is -1.27. The fourth-order valence-electron chi connectivity index (χ4n) is 0.288. The van der Waals surface area contributed by atoms with Crippen LogP contribution in [0.25, 0.3) is 0 Å². The molecule has 48 valence electrons. The third-order valence-electron chi connectivity index (χ3n) is 0.575. The molecule has 1 heterocycles. The Morgan fingerprint density at radius 3 is 2.40 bits per heavy atom. The third kappa shape index (κ3) is 2.54. The van der Waals surface area contributed by atoms with Crippen molar-refractivity contribution in [3.05, 3.63) is 8.02 Å². The fraction of sp³-hybridized carbons (Fsp3) is 0. The number of carboxylic acid groups (broad SMARTS) is 1. The predicted octanol–water partition coefficient (Wildman–Crippen LogP) is -3.49. The van der Waals surface area contributed by atoms with Crippen molar-refractivity contribution in [3.63, 3.8) is 0 Å². The standard InChI is InChI=1S/C3HIN2O2S.Li/c4-3-6-5-1(9-3)2(7)8;/h(H,7,8);/q;+1/p-1. The minimum Gasteiger partial charge on any atom is -0.542 e. The monoisotopic (exact) mass is 262 g/mol. The number of aromatic nitrogens is 2. The van der Waals surface area contributed by atoms with Gasteiger partial charge in [-0.15, -0.1) is 10.2 Å². The zero-order valence-electron chi connectivity index (χ0n) is 5.00. The van der Waals surface area contributed by atoms with Crippen LogP contribution in [0.2, 0.25) is 0 Å². The van der Waals surface area contributed by atoms with Gasteiger partial charge < -0.3 is 9.90 Å². The first-order chi connectivity index (χ1) is 4.20. The van der Waals surface area contributed by atoms with E-state index in [1.165, 1.54) is 0 Å². The van der Waals surface area contributed by atoms with Crippen LogP contribution in [-0.4, -0.2) is 16.2 Å². The second kappa shape index (κ2) is 4.28. The van der Waals surface area contributed by atoms with Gasteiger partial charge in [-0.25, -0.2) is 0 Å². The number of nitrogens with zero attached hydrogens (tertiary/aromatic N) is 2. The molecule has 1 rings (SSSR count). The molecule has 0 aromatic carbocycles. The van der Waals surface area contributed by atoms with Gasteiger partial charge in [-0.3, -0.25) is 0 Å². The van der Waals surface area contributed by atoms with Crippen LogP contribution in [0.4, 0.5) is 0 Å². The van der Waals surface area contributed by atoms with Crippen molar-refractivity contribution < 1.29 is 28.8 Å². The van der Waals surface area contributed by atoms with E-state index in [2.05, 4.69) is 10.2 Å². The topological polar surface area (TPSA) is 65.9 Å².